The first kappa shape index (κ1) is 113. The number of aryl methyl sites for hydroxylation is 1. The van der Waals surface area contributed by atoms with E-state index in [9.17, 15) is 38.4 Å². The summed E-state index contributed by atoms with van der Waals surface area (Å²) in [7, 11) is 1.83. The number of carbonyl (C=O) groups is 8. The van der Waals surface area contributed by atoms with Crippen LogP contribution in [0.2, 0.25) is 0 Å². The van der Waals surface area contributed by atoms with Crippen LogP contribution in [-0.2, 0) is 44.9 Å². The van der Waals surface area contributed by atoms with Crippen molar-refractivity contribution >= 4 is 99.5 Å². The monoisotopic (exact) mass is 1840 g/mol. The fraction of sp³-hybridized carbons (Fsp3) is 0.564. The van der Waals surface area contributed by atoms with E-state index >= 15 is 0 Å². The number of likely N-dealkylation sites (N-methyl/N-ethyl adjacent to an activating group) is 1. The van der Waals surface area contributed by atoms with E-state index in [1.807, 2.05) is 222 Å². The second kappa shape index (κ2) is 59.5. The van der Waals surface area contributed by atoms with Gasteiger partial charge in [0, 0.05) is 156 Å². The van der Waals surface area contributed by atoms with Crippen molar-refractivity contribution in [3.63, 3.8) is 0 Å². The predicted octanol–water partition coefficient (Wildman–Crippen LogP) is 10.2. The Morgan fingerprint density at radius 1 is 0.414 bits per heavy atom. The zero-order valence-corrected chi connectivity index (χ0v) is 84.3. The molecule has 1 aliphatic carbocycles. The van der Waals surface area contributed by atoms with Crippen molar-refractivity contribution in [2.45, 2.75) is 278 Å². The lowest BCUT2D eigenvalue weighted by Crippen LogP contribution is -2.41. The van der Waals surface area contributed by atoms with Crippen LogP contribution in [0.1, 0.15) is 216 Å². The van der Waals surface area contributed by atoms with Gasteiger partial charge in [-0.2, -0.15) is 0 Å². The highest BCUT2D eigenvalue weighted by Gasteiger charge is 2.27. The van der Waals surface area contributed by atoms with Gasteiger partial charge in [-0.05, 0) is 256 Å². The number of aliphatic imine (C=N–C) groups is 8. The van der Waals surface area contributed by atoms with Crippen molar-refractivity contribution in [1.82, 2.24) is 74.0 Å². The molecule has 7 amide bonds. The van der Waals surface area contributed by atoms with Gasteiger partial charge < -0.3 is 84.4 Å². The Kier molecular flexibility index (Phi) is 50.7. The summed E-state index contributed by atoms with van der Waals surface area (Å²) < 4.78 is 0. The molecule has 732 valence electrons. The average Bonchev–Trinajstić information content (AvgIpc) is 1.77. The molecular formula is C101H159N23O9. The number of nitrogens with one attached hydrogen (secondary N) is 14. The maximum Gasteiger partial charge on any atom is 0.253 e. The summed E-state index contributed by atoms with van der Waals surface area (Å²) >= 11 is 0. The largest absolute Gasteiger partial charge is 0.396 e. The number of amidine groups is 8. The SMILES string of the molecule is CC(C)CNC(=O)C1=CC(NC(C)C)=NC1.CC(C)NC1=NCC(C(=O)CCCO)=C1.CC(C)NC1=NCC(C(=O)NC(C)(C)C)=C1.CC(C)NC1=NCC(C(=O)NCC2CC2)=C1.CC(C)NC1=NCC(C(=O)NCc2ccccc2)=C1.CCC(C)NC(=O)C1=CC(NC(C)C)=NC1.CCCN(C)C(=O)C1=CC(NC(C)C)=NC1.Cc1ccc(NC(=O)C2=CC(NC(C)C)=NC2)cc1. The van der Waals surface area contributed by atoms with Gasteiger partial charge in [0.15, 0.2) is 5.78 Å². The lowest BCUT2D eigenvalue weighted by molar-refractivity contribution is -0.126. The molecule has 0 aromatic heterocycles. The highest BCUT2D eigenvalue weighted by Crippen LogP contribution is 2.28. The quantitative estimate of drug-likeness (QED) is 0.0346. The number of amides is 7. The van der Waals surface area contributed by atoms with Crippen LogP contribution in [0.25, 0.3) is 0 Å². The fourth-order valence-electron chi connectivity index (χ4n) is 12.3. The van der Waals surface area contributed by atoms with E-state index in [2.05, 4.69) is 170 Å². The lowest BCUT2D eigenvalue weighted by Gasteiger charge is -2.20. The van der Waals surface area contributed by atoms with Gasteiger partial charge in [0.05, 0.1) is 52.4 Å². The highest BCUT2D eigenvalue weighted by molar-refractivity contribution is 6.13. The Morgan fingerprint density at radius 2 is 0.744 bits per heavy atom. The highest BCUT2D eigenvalue weighted by atomic mass is 16.3. The maximum atomic E-state index is 12.1. The summed E-state index contributed by atoms with van der Waals surface area (Å²) in [5.74, 6) is 7.67. The van der Waals surface area contributed by atoms with Crippen LogP contribution in [-0.4, -0.2) is 249 Å². The molecule has 0 saturated heterocycles. The molecule has 32 nitrogen and oxygen atoms in total. The lowest BCUT2D eigenvalue weighted by atomic mass is 10.1. The molecule has 133 heavy (non-hydrogen) atoms. The number of anilines is 1. The number of hydrogen-bond acceptors (Lipinski definition) is 25. The number of carbonyl (C=O) groups excluding carboxylic acids is 8. The minimum absolute atomic E-state index is 0.00124. The Bertz CT molecular complexity index is 4630. The summed E-state index contributed by atoms with van der Waals surface area (Å²) in [6.07, 6.45) is 20.0. The molecule has 15 N–H and O–H groups in total. The molecule has 1 saturated carbocycles. The zero-order chi connectivity index (χ0) is 99.0. The summed E-state index contributed by atoms with van der Waals surface area (Å²) in [6, 6.07) is 20.5. The van der Waals surface area contributed by atoms with Crippen molar-refractivity contribution in [2.75, 3.05) is 91.0 Å². The van der Waals surface area contributed by atoms with E-state index in [4.69, 9.17) is 5.11 Å². The number of rotatable bonds is 30. The maximum absolute atomic E-state index is 12.1. The molecule has 1 atom stereocenters. The fourth-order valence-corrected chi connectivity index (χ4v) is 12.3. The first-order valence-corrected chi connectivity index (χ1v) is 47.2. The molecule has 2 aromatic rings. The molecule has 0 radical (unpaired) electrons. The Morgan fingerprint density at radius 3 is 1.09 bits per heavy atom. The second-order valence-electron chi connectivity index (χ2n) is 37.6. The smallest absolute Gasteiger partial charge is 0.253 e. The van der Waals surface area contributed by atoms with Crippen molar-refractivity contribution in [1.29, 1.82) is 0 Å². The van der Waals surface area contributed by atoms with Gasteiger partial charge in [-0.25, -0.2) is 0 Å². The number of hydrogen-bond donors (Lipinski definition) is 15. The van der Waals surface area contributed by atoms with Crippen LogP contribution in [0, 0.1) is 18.8 Å². The van der Waals surface area contributed by atoms with Crippen LogP contribution in [0.15, 0.2) is 188 Å². The molecule has 8 heterocycles. The number of Topliss-reactive ketones (excluding diaryl/α,β-unsaturated/α-hetero) is 1. The molecule has 2 aromatic carbocycles. The number of benzene rings is 2. The normalized spacial score (nSPS) is 15.6. The summed E-state index contributed by atoms with van der Waals surface area (Å²) in [5, 5.41) is 51.6. The summed E-state index contributed by atoms with van der Waals surface area (Å²) in [5.41, 5.74) is 8.75. The van der Waals surface area contributed by atoms with E-state index in [1.54, 1.807) is 11.0 Å². The van der Waals surface area contributed by atoms with E-state index in [0.29, 0.717) is 144 Å². The van der Waals surface area contributed by atoms with E-state index in [0.717, 1.165) is 123 Å². The minimum Gasteiger partial charge on any atom is -0.396 e. The first-order chi connectivity index (χ1) is 62.8. The van der Waals surface area contributed by atoms with Crippen LogP contribution in [0.3, 0.4) is 0 Å². The molecule has 1 fully saturated rings. The molecule has 1 unspecified atom stereocenters. The van der Waals surface area contributed by atoms with Gasteiger partial charge in [-0.1, -0.05) is 75.7 Å². The third-order valence-electron chi connectivity index (χ3n) is 19.2. The standard InChI is InChI=1S/2C15H19N3O.C12H19N3O.4C12H21N3O.C11H18N2O2/c1-10(2)17-14-8-12(9-16-14)15(19)18-13-6-4-11(3)5-7-13;1-11(2)18-14-8-13(10-16-14)15(19)17-9-12-6-4-3-5-7-12;1-8(2)15-11-5-10(7-13-11)12(16)14-6-9-3-4-9;1-8(2)14-10-6-9(7-13-10)11(16)15-12(3,4)5;1-8(2)6-14-12(16)10-5-11(13-7-10)15-9(3)4;1-5-9(4)15-12(16)10-6-11(13-7-10)14-8(2)3;1-5-6-15(4)12(16)10-7-11(13-8-10)14-9(2)3;1-8(2)13-11-6-9(7-12-11)10(15)4-3-5-14/h4-8,10H,9H2,1-3H3,(H,16,17)(H,18,19);3-8,11H,9-10H2,1-2H3,(H,16,18)(H,17,19);5,8-9H,3-4,6-7H2,1-2H3,(H,13,15)(H,14,16);6,8H,7H2,1-5H3,(H,13,14)(H,15,16);5,8-9H,6-7H2,1-4H3,(H,13,15)(H,14,16);6,8-9H,5,7H2,1-4H3,(H,13,14)(H,15,16);7,9H,5-6,8H2,1-4H3,(H,13,14);6,8,14H,3-5,7H2,1-2H3,(H,12,13). The van der Waals surface area contributed by atoms with Crippen LogP contribution >= 0.6 is 0 Å². The molecule has 0 bridgehead atoms. The van der Waals surface area contributed by atoms with Crippen molar-refractivity contribution < 1.29 is 43.5 Å². The number of nitrogens with zero attached hydrogens (tertiary/aromatic N) is 9. The predicted molar refractivity (Wildman–Crippen MR) is 546 cm³/mol. The Balaban J connectivity index is 0.000000318. The van der Waals surface area contributed by atoms with Gasteiger partial charge in [0.25, 0.3) is 11.8 Å². The molecule has 11 rings (SSSR count). The van der Waals surface area contributed by atoms with Crippen molar-refractivity contribution in [2.24, 2.45) is 51.8 Å². The average molecular weight is 1840 g/mol. The second-order valence-corrected chi connectivity index (χ2v) is 37.6. The van der Waals surface area contributed by atoms with Gasteiger partial charge in [0.2, 0.25) is 29.5 Å². The number of aliphatic hydroxyl groups excluding tert-OH is 1. The Labute approximate surface area is 792 Å². The third kappa shape index (κ3) is 48.3. The molecular weight excluding hydrogens is 1680 g/mol. The number of ketones is 1. The Hall–Kier alpha value is -12.0. The molecule has 32 heteroatoms. The minimum atomic E-state index is -0.202. The van der Waals surface area contributed by atoms with Crippen LogP contribution in [0.4, 0.5) is 5.69 Å². The van der Waals surface area contributed by atoms with E-state index in [1.165, 1.54) is 18.4 Å². The first-order valence-electron chi connectivity index (χ1n) is 47.2. The van der Waals surface area contributed by atoms with Crippen molar-refractivity contribution in [3.8, 4) is 0 Å². The molecule has 8 aliphatic heterocycles. The summed E-state index contributed by atoms with van der Waals surface area (Å²) in [4.78, 5) is 130. The topological polar surface area (TPSA) is 427 Å². The third-order valence-corrected chi connectivity index (χ3v) is 19.2. The van der Waals surface area contributed by atoms with Crippen LogP contribution < -0.4 is 74.4 Å². The van der Waals surface area contributed by atoms with Gasteiger partial charge in [-0.3, -0.25) is 78.3 Å². The van der Waals surface area contributed by atoms with Crippen LogP contribution in [0.5, 0.6) is 0 Å². The zero-order valence-electron chi connectivity index (χ0n) is 84.3. The van der Waals surface area contributed by atoms with E-state index in [-0.39, 0.29) is 65.3 Å². The van der Waals surface area contributed by atoms with Gasteiger partial charge in [0.1, 0.15) is 46.7 Å². The molecule has 9 aliphatic rings. The van der Waals surface area contributed by atoms with Gasteiger partial charge in [-0.15, -0.1) is 0 Å². The number of aliphatic hydroxyl groups is 1. The summed E-state index contributed by atoms with van der Waals surface area (Å²) in [6.45, 7) is 57.7. The molecule has 0 spiro atoms. The van der Waals surface area contributed by atoms with Crippen molar-refractivity contribution in [3.05, 3.63) is 159 Å². The van der Waals surface area contributed by atoms with Gasteiger partial charge >= 0.3 is 0 Å². The van der Waals surface area contributed by atoms with E-state index < -0.39 is 0 Å².